The van der Waals surface area contributed by atoms with Crippen LogP contribution < -0.4 is 10.9 Å². The number of amides is 1. The first-order valence-corrected chi connectivity index (χ1v) is 11.0. The number of aromatic nitrogens is 2. The lowest BCUT2D eigenvalue weighted by molar-refractivity contribution is -0.119. The van der Waals surface area contributed by atoms with Crippen LogP contribution in [-0.2, 0) is 4.79 Å². The fraction of sp³-hybridized carbons (Fsp3) is 0.125. The summed E-state index contributed by atoms with van der Waals surface area (Å²) in [4.78, 5) is 30.1. The van der Waals surface area contributed by atoms with Gasteiger partial charge in [0.2, 0.25) is 5.91 Å². The number of thioether (sulfide) groups is 1. The van der Waals surface area contributed by atoms with Crippen molar-refractivity contribution in [2.24, 2.45) is 0 Å². The predicted octanol–water partition coefficient (Wildman–Crippen LogP) is 4.77. The molecular formula is C24H18F3N3O2S. The lowest BCUT2D eigenvalue weighted by atomic mass is 10.1. The molecule has 0 saturated carbocycles. The molecule has 1 aromatic heterocycles. The summed E-state index contributed by atoms with van der Waals surface area (Å²) < 4.78 is 42.1. The van der Waals surface area contributed by atoms with Gasteiger partial charge >= 0.3 is 0 Å². The van der Waals surface area contributed by atoms with Gasteiger partial charge in [-0.15, -0.1) is 0 Å². The van der Waals surface area contributed by atoms with Crippen LogP contribution >= 0.6 is 11.8 Å². The SMILES string of the molecule is CC(NC(=O)CSc1nc2ccccc2c(=O)n1-c1ccc(F)cc1F)c1ccc(F)cc1. The number of carbonyl (C=O) groups is 1. The molecule has 1 amide bonds. The summed E-state index contributed by atoms with van der Waals surface area (Å²) >= 11 is 0.951. The van der Waals surface area contributed by atoms with Gasteiger partial charge in [-0.05, 0) is 48.9 Å². The van der Waals surface area contributed by atoms with Crippen molar-refractivity contribution in [3.63, 3.8) is 0 Å². The number of nitrogens with zero attached hydrogens (tertiary/aromatic N) is 2. The van der Waals surface area contributed by atoms with Gasteiger partial charge in [-0.3, -0.25) is 14.2 Å². The maximum atomic E-state index is 14.5. The summed E-state index contributed by atoms with van der Waals surface area (Å²) in [5.74, 6) is -2.54. The number of nitrogens with one attached hydrogen (secondary N) is 1. The van der Waals surface area contributed by atoms with Crippen molar-refractivity contribution >= 4 is 28.6 Å². The van der Waals surface area contributed by atoms with Crippen molar-refractivity contribution in [3.8, 4) is 5.69 Å². The third-order valence-electron chi connectivity index (χ3n) is 4.98. The number of benzene rings is 3. The number of hydrogen-bond acceptors (Lipinski definition) is 4. The highest BCUT2D eigenvalue weighted by Gasteiger charge is 2.18. The van der Waals surface area contributed by atoms with Gasteiger partial charge in [-0.1, -0.05) is 36.0 Å². The minimum absolute atomic E-state index is 0.0915. The van der Waals surface area contributed by atoms with Crippen LogP contribution in [0.4, 0.5) is 13.2 Å². The molecule has 1 unspecified atom stereocenters. The fourth-order valence-electron chi connectivity index (χ4n) is 3.33. The van der Waals surface area contributed by atoms with Crippen molar-refractivity contribution in [3.05, 3.63) is 100 Å². The lowest BCUT2D eigenvalue weighted by Gasteiger charge is -2.16. The van der Waals surface area contributed by atoms with Crippen molar-refractivity contribution in [2.45, 2.75) is 18.1 Å². The largest absolute Gasteiger partial charge is 0.349 e. The Bertz CT molecular complexity index is 1390. The first-order chi connectivity index (χ1) is 15.8. The molecule has 0 aliphatic carbocycles. The monoisotopic (exact) mass is 469 g/mol. The highest BCUT2D eigenvalue weighted by atomic mass is 32.2. The van der Waals surface area contributed by atoms with Crippen molar-refractivity contribution in [2.75, 3.05) is 5.75 Å². The molecule has 0 radical (unpaired) electrons. The number of carbonyl (C=O) groups excluding carboxylic acids is 1. The standard InChI is InChI=1S/C24H18F3N3O2S/c1-14(15-6-8-16(25)9-7-15)28-22(31)13-33-24-29-20-5-3-2-4-18(20)23(32)30(24)21-11-10-17(26)12-19(21)27/h2-12,14H,13H2,1H3,(H,28,31). The molecule has 0 spiro atoms. The highest BCUT2D eigenvalue weighted by Crippen LogP contribution is 2.23. The summed E-state index contributed by atoms with van der Waals surface area (Å²) in [5.41, 5.74) is 0.420. The molecule has 5 nitrogen and oxygen atoms in total. The van der Waals surface area contributed by atoms with Crippen LogP contribution in [0.3, 0.4) is 0 Å². The zero-order valence-electron chi connectivity index (χ0n) is 17.4. The molecule has 33 heavy (non-hydrogen) atoms. The van der Waals surface area contributed by atoms with Crippen molar-refractivity contribution in [1.29, 1.82) is 0 Å². The van der Waals surface area contributed by atoms with E-state index in [4.69, 9.17) is 0 Å². The van der Waals surface area contributed by atoms with Gasteiger partial charge in [0, 0.05) is 6.07 Å². The van der Waals surface area contributed by atoms with E-state index in [-0.39, 0.29) is 39.7 Å². The molecule has 0 aliphatic rings. The van der Waals surface area contributed by atoms with Crippen molar-refractivity contribution in [1.82, 2.24) is 14.9 Å². The number of hydrogen-bond donors (Lipinski definition) is 1. The van der Waals surface area contributed by atoms with Crippen LogP contribution in [0.5, 0.6) is 0 Å². The molecule has 0 aliphatic heterocycles. The van der Waals surface area contributed by atoms with E-state index in [1.54, 1.807) is 43.3 Å². The summed E-state index contributed by atoms with van der Waals surface area (Å²) in [6.07, 6.45) is 0. The van der Waals surface area contributed by atoms with Crippen LogP contribution in [0.25, 0.3) is 16.6 Å². The van der Waals surface area contributed by atoms with Crippen LogP contribution in [0.2, 0.25) is 0 Å². The molecule has 0 saturated heterocycles. The predicted molar refractivity (Wildman–Crippen MR) is 121 cm³/mol. The number of fused-ring (bicyclic) bond motifs is 1. The van der Waals surface area contributed by atoms with Crippen LogP contribution in [0.15, 0.2) is 76.7 Å². The van der Waals surface area contributed by atoms with E-state index in [2.05, 4.69) is 10.3 Å². The Morgan fingerprint density at radius 2 is 1.73 bits per heavy atom. The Kier molecular flexibility index (Phi) is 6.50. The maximum absolute atomic E-state index is 14.5. The first-order valence-electron chi connectivity index (χ1n) is 9.98. The normalized spacial score (nSPS) is 12.0. The molecule has 1 N–H and O–H groups in total. The molecule has 1 atom stereocenters. The second-order valence-corrected chi connectivity index (χ2v) is 8.22. The third kappa shape index (κ3) is 4.93. The average Bonchev–Trinajstić information content (AvgIpc) is 2.79. The van der Waals surface area contributed by atoms with E-state index in [0.29, 0.717) is 11.6 Å². The Labute approximate surface area is 191 Å². The van der Waals surface area contributed by atoms with E-state index >= 15 is 0 Å². The van der Waals surface area contributed by atoms with Gasteiger partial charge in [0.05, 0.1) is 28.4 Å². The molecule has 0 bridgehead atoms. The molecule has 4 rings (SSSR count). The second-order valence-electron chi connectivity index (χ2n) is 7.28. The van der Waals surface area contributed by atoms with E-state index in [1.165, 1.54) is 12.1 Å². The Morgan fingerprint density at radius 1 is 1.03 bits per heavy atom. The van der Waals surface area contributed by atoms with E-state index in [1.807, 2.05) is 0 Å². The average molecular weight is 469 g/mol. The van der Waals surface area contributed by atoms with Gasteiger partial charge in [-0.2, -0.15) is 0 Å². The van der Waals surface area contributed by atoms with E-state index in [0.717, 1.165) is 34.0 Å². The van der Waals surface area contributed by atoms with E-state index in [9.17, 15) is 22.8 Å². The summed E-state index contributed by atoms with van der Waals surface area (Å²) in [6.45, 7) is 1.76. The lowest BCUT2D eigenvalue weighted by Crippen LogP contribution is -2.29. The number of halogens is 3. The summed E-state index contributed by atoms with van der Waals surface area (Å²) in [7, 11) is 0. The molecule has 9 heteroatoms. The zero-order valence-corrected chi connectivity index (χ0v) is 18.2. The second kappa shape index (κ2) is 9.50. The first kappa shape index (κ1) is 22.6. The highest BCUT2D eigenvalue weighted by molar-refractivity contribution is 7.99. The topological polar surface area (TPSA) is 64.0 Å². The van der Waals surface area contributed by atoms with E-state index < -0.39 is 17.2 Å². The fourth-order valence-corrected chi connectivity index (χ4v) is 4.15. The van der Waals surface area contributed by atoms with Crippen LogP contribution in [0, 0.1) is 17.5 Å². The molecule has 168 valence electrons. The molecule has 0 fully saturated rings. The minimum atomic E-state index is -0.926. The Morgan fingerprint density at radius 3 is 2.45 bits per heavy atom. The molecule has 1 heterocycles. The van der Waals surface area contributed by atoms with Gasteiger partial charge in [0.25, 0.3) is 5.56 Å². The molecular weight excluding hydrogens is 451 g/mol. The summed E-state index contributed by atoms with van der Waals surface area (Å²) in [6, 6.07) is 14.9. The Balaban J connectivity index is 1.63. The zero-order chi connectivity index (χ0) is 23.5. The van der Waals surface area contributed by atoms with Gasteiger partial charge in [-0.25, -0.2) is 18.2 Å². The van der Waals surface area contributed by atoms with Gasteiger partial charge in [0.15, 0.2) is 5.16 Å². The van der Waals surface area contributed by atoms with Crippen LogP contribution in [-0.4, -0.2) is 21.2 Å². The summed E-state index contributed by atoms with van der Waals surface area (Å²) in [5, 5.41) is 3.15. The maximum Gasteiger partial charge on any atom is 0.266 e. The third-order valence-corrected chi connectivity index (χ3v) is 5.91. The smallest absolute Gasteiger partial charge is 0.266 e. The quantitative estimate of drug-likeness (QED) is 0.326. The minimum Gasteiger partial charge on any atom is -0.349 e. The molecule has 4 aromatic rings. The van der Waals surface area contributed by atoms with Gasteiger partial charge < -0.3 is 5.32 Å². The number of para-hydroxylation sites is 1. The van der Waals surface area contributed by atoms with Gasteiger partial charge in [0.1, 0.15) is 17.5 Å². The Hall–Kier alpha value is -3.59. The molecule has 3 aromatic carbocycles. The van der Waals surface area contributed by atoms with Crippen LogP contribution in [0.1, 0.15) is 18.5 Å². The van der Waals surface area contributed by atoms with Crippen molar-refractivity contribution < 1.29 is 18.0 Å². The number of rotatable bonds is 6.